The highest BCUT2D eigenvalue weighted by Gasteiger charge is 2.31. The third-order valence-corrected chi connectivity index (χ3v) is 5.84. The average molecular weight is 430 g/mol. The lowest BCUT2D eigenvalue weighted by atomic mass is 10.0. The third kappa shape index (κ3) is 4.54. The van der Waals surface area contributed by atoms with E-state index in [0.717, 1.165) is 21.0 Å². The summed E-state index contributed by atoms with van der Waals surface area (Å²) in [6.45, 7) is 6.43. The molecule has 8 nitrogen and oxygen atoms in total. The van der Waals surface area contributed by atoms with Crippen molar-refractivity contribution in [3.05, 3.63) is 29.5 Å². The van der Waals surface area contributed by atoms with E-state index in [1.54, 1.807) is 18.5 Å². The van der Waals surface area contributed by atoms with E-state index in [9.17, 15) is 9.18 Å². The number of hydrogen-bond donors (Lipinski definition) is 2. The number of hydrogen-bond acceptors (Lipinski definition) is 7. The van der Waals surface area contributed by atoms with Crippen LogP contribution in [0.15, 0.2) is 24.5 Å². The summed E-state index contributed by atoms with van der Waals surface area (Å²) in [5, 5.41) is 16.7. The number of carbonyl (C=O) groups excluding carboxylic acids is 1. The van der Waals surface area contributed by atoms with Crippen LogP contribution >= 0.6 is 11.3 Å². The van der Waals surface area contributed by atoms with Gasteiger partial charge in [-0.2, -0.15) is 0 Å². The minimum absolute atomic E-state index is 0.0614. The number of fused-ring (bicyclic) bond motifs is 1. The van der Waals surface area contributed by atoms with Crippen LogP contribution in [0, 0.1) is 6.92 Å². The Balaban J connectivity index is 1.46. The van der Waals surface area contributed by atoms with Crippen LogP contribution in [0.4, 0.5) is 15.0 Å². The number of alkyl halides is 1. The second-order valence-corrected chi connectivity index (χ2v) is 8.90. The highest BCUT2D eigenvalue weighted by molar-refractivity contribution is 7.14. The SMILES string of the molecule is Cc1nnc(-c2cnc3cnc(NC(=O)N4CC[C@H](NC(C)C)[C@H](F)C4)cc3c2)s1. The fourth-order valence-electron chi connectivity index (χ4n) is 3.52. The zero-order valence-electron chi connectivity index (χ0n) is 17.1. The van der Waals surface area contributed by atoms with E-state index in [1.165, 1.54) is 16.2 Å². The minimum atomic E-state index is -1.10. The Kier molecular flexibility index (Phi) is 5.87. The number of aryl methyl sites for hydroxylation is 1. The highest BCUT2D eigenvalue weighted by Crippen LogP contribution is 2.26. The number of piperidine rings is 1. The van der Waals surface area contributed by atoms with Crippen LogP contribution in [0.5, 0.6) is 0 Å². The van der Waals surface area contributed by atoms with Gasteiger partial charge in [0.25, 0.3) is 0 Å². The molecule has 0 aromatic carbocycles. The molecule has 0 spiro atoms. The lowest BCUT2D eigenvalue weighted by Crippen LogP contribution is -2.54. The Bertz CT molecular complexity index is 1060. The van der Waals surface area contributed by atoms with Crippen molar-refractivity contribution in [2.75, 3.05) is 18.4 Å². The Hall–Kier alpha value is -2.72. The summed E-state index contributed by atoms with van der Waals surface area (Å²) in [4.78, 5) is 22.8. The fourth-order valence-corrected chi connectivity index (χ4v) is 4.20. The van der Waals surface area contributed by atoms with Crippen molar-refractivity contribution in [1.82, 2.24) is 30.4 Å². The standard InChI is InChI=1S/C20H24FN7OS/c1-11(2)24-16-4-5-28(10-15(16)21)20(29)25-18-7-13-6-14(8-22-17(13)9-23-18)19-27-26-12(3)30-19/h6-9,11,15-16,24H,4-5,10H2,1-3H3,(H,23,25,29)/t15-,16+/m1/s1. The summed E-state index contributed by atoms with van der Waals surface area (Å²) in [5.41, 5.74) is 1.57. The third-order valence-electron chi connectivity index (χ3n) is 4.95. The van der Waals surface area contributed by atoms with Gasteiger partial charge in [-0.25, -0.2) is 14.2 Å². The van der Waals surface area contributed by atoms with Gasteiger partial charge in [0, 0.05) is 35.8 Å². The molecular weight excluding hydrogens is 405 g/mol. The number of rotatable bonds is 4. The molecule has 3 aromatic rings. The predicted molar refractivity (Wildman–Crippen MR) is 115 cm³/mol. The van der Waals surface area contributed by atoms with Gasteiger partial charge in [-0.05, 0) is 25.5 Å². The Morgan fingerprint density at radius 2 is 2.10 bits per heavy atom. The van der Waals surface area contributed by atoms with Crippen molar-refractivity contribution in [3.63, 3.8) is 0 Å². The van der Waals surface area contributed by atoms with Crippen LogP contribution < -0.4 is 10.6 Å². The topological polar surface area (TPSA) is 95.9 Å². The quantitative estimate of drug-likeness (QED) is 0.660. The number of pyridine rings is 2. The number of halogens is 1. The molecule has 0 aliphatic carbocycles. The van der Waals surface area contributed by atoms with Gasteiger partial charge in [0.15, 0.2) is 0 Å². The van der Waals surface area contributed by atoms with E-state index >= 15 is 0 Å². The molecule has 2 N–H and O–H groups in total. The second kappa shape index (κ2) is 8.57. The van der Waals surface area contributed by atoms with Crippen molar-refractivity contribution >= 4 is 34.1 Å². The van der Waals surface area contributed by atoms with Crippen LogP contribution in [0.25, 0.3) is 21.5 Å². The molecule has 1 saturated heterocycles. The Morgan fingerprint density at radius 3 is 2.80 bits per heavy atom. The molecule has 0 bridgehead atoms. The van der Waals surface area contributed by atoms with Gasteiger partial charge < -0.3 is 10.2 Å². The molecule has 1 fully saturated rings. The maximum absolute atomic E-state index is 14.5. The van der Waals surface area contributed by atoms with Crippen LogP contribution in [0.3, 0.4) is 0 Å². The molecule has 158 valence electrons. The average Bonchev–Trinajstić information content (AvgIpc) is 3.15. The first-order valence-electron chi connectivity index (χ1n) is 9.91. The van der Waals surface area contributed by atoms with Crippen molar-refractivity contribution < 1.29 is 9.18 Å². The summed E-state index contributed by atoms with van der Waals surface area (Å²) in [7, 11) is 0. The lowest BCUT2D eigenvalue weighted by Gasteiger charge is -2.35. The van der Waals surface area contributed by atoms with Gasteiger partial charge >= 0.3 is 6.03 Å². The van der Waals surface area contributed by atoms with Crippen LogP contribution in [0.1, 0.15) is 25.3 Å². The number of nitrogens with one attached hydrogen (secondary N) is 2. The normalized spacial score (nSPS) is 19.4. The van der Waals surface area contributed by atoms with E-state index in [0.29, 0.717) is 24.3 Å². The number of aromatic nitrogens is 4. The minimum Gasteiger partial charge on any atom is -0.321 e. The smallest absolute Gasteiger partial charge is 0.321 e. The van der Waals surface area contributed by atoms with Crippen molar-refractivity contribution in [2.45, 2.75) is 45.4 Å². The Morgan fingerprint density at radius 1 is 1.27 bits per heavy atom. The molecule has 10 heteroatoms. The molecule has 0 unspecified atom stereocenters. The molecule has 4 heterocycles. The van der Waals surface area contributed by atoms with Crippen LogP contribution in [0.2, 0.25) is 0 Å². The highest BCUT2D eigenvalue weighted by atomic mass is 32.1. The van der Waals surface area contributed by atoms with Crippen LogP contribution in [-0.2, 0) is 0 Å². The van der Waals surface area contributed by atoms with E-state index < -0.39 is 6.17 Å². The van der Waals surface area contributed by atoms with E-state index in [1.807, 2.05) is 26.8 Å². The largest absolute Gasteiger partial charge is 0.323 e. The number of carbonyl (C=O) groups is 1. The molecule has 0 radical (unpaired) electrons. The summed E-state index contributed by atoms with van der Waals surface area (Å²) < 4.78 is 14.5. The second-order valence-electron chi connectivity index (χ2n) is 7.72. The van der Waals surface area contributed by atoms with E-state index in [4.69, 9.17) is 0 Å². The van der Waals surface area contributed by atoms with Gasteiger partial charge in [0.05, 0.1) is 18.3 Å². The van der Waals surface area contributed by atoms with Crippen molar-refractivity contribution in [1.29, 1.82) is 0 Å². The summed E-state index contributed by atoms with van der Waals surface area (Å²) >= 11 is 1.49. The molecule has 2 atom stereocenters. The van der Waals surface area contributed by atoms with Gasteiger partial charge in [-0.3, -0.25) is 10.3 Å². The molecule has 1 aliphatic rings. The molecule has 1 aliphatic heterocycles. The van der Waals surface area contributed by atoms with Crippen molar-refractivity contribution in [2.24, 2.45) is 0 Å². The number of urea groups is 1. The summed E-state index contributed by atoms with van der Waals surface area (Å²) in [6, 6.07) is 3.34. The van der Waals surface area contributed by atoms with E-state index in [2.05, 4.69) is 30.8 Å². The maximum Gasteiger partial charge on any atom is 0.323 e. The number of anilines is 1. The van der Waals surface area contributed by atoms with Gasteiger partial charge in [-0.1, -0.05) is 25.2 Å². The zero-order valence-corrected chi connectivity index (χ0v) is 17.9. The fraction of sp³-hybridized carbons (Fsp3) is 0.450. The first-order chi connectivity index (χ1) is 14.4. The van der Waals surface area contributed by atoms with Crippen molar-refractivity contribution in [3.8, 4) is 10.6 Å². The zero-order chi connectivity index (χ0) is 21.3. The number of amides is 2. The van der Waals surface area contributed by atoms with Crippen LogP contribution in [-0.4, -0.2) is 62.4 Å². The molecule has 3 aromatic heterocycles. The first kappa shape index (κ1) is 20.5. The molecule has 4 rings (SSSR count). The molecule has 30 heavy (non-hydrogen) atoms. The van der Waals surface area contributed by atoms with Gasteiger partial charge in [-0.15, -0.1) is 10.2 Å². The molecule has 0 saturated carbocycles. The molecule has 2 amide bonds. The maximum atomic E-state index is 14.5. The predicted octanol–water partition coefficient (Wildman–Crippen LogP) is 3.40. The summed E-state index contributed by atoms with van der Waals surface area (Å²) in [6.07, 6.45) is 2.82. The monoisotopic (exact) mass is 429 g/mol. The summed E-state index contributed by atoms with van der Waals surface area (Å²) in [5.74, 6) is 0.401. The Labute approximate surface area is 177 Å². The first-order valence-corrected chi connectivity index (χ1v) is 10.7. The van der Waals surface area contributed by atoms with Gasteiger partial charge in [0.1, 0.15) is 22.0 Å². The number of likely N-dealkylation sites (tertiary alicyclic amines) is 1. The van der Waals surface area contributed by atoms with Gasteiger partial charge in [0.2, 0.25) is 0 Å². The van der Waals surface area contributed by atoms with E-state index in [-0.39, 0.29) is 24.7 Å². The lowest BCUT2D eigenvalue weighted by molar-refractivity contribution is 0.119. The molecular formula is C20H24FN7OS. The number of nitrogens with zero attached hydrogens (tertiary/aromatic N) is 5.